The Morgan fingerprint density at radius 2 is 1.96 bits per heavy atom. The Bertz CT molecular complexity index is 678. The van der Waals surface area contributed by atoms with E-state index in [1.807, 2.05) is 28.0 Å². The molecular formula is C19H26N2O5. The predicted molar refractivity (Wildman–Crippen MR) is 95.2 cm³/mol. The van der Waals surface area contributed by atoms with Gasteiger partial charge >= 0.3 is 12.0 Å². The normalized spacial score (nSPS) is 22.7. The van der Waals surface area contributed by atoms with Crippen LogP contribution in [-0.2, 0) is 16.1 Å². The molecule has 2 saturated heterocycles. The summed E-state index contributed by atoms with van der Waals surface area (Å²) < 4.78 is 15.5. The number of fused-ring (bicyclic) bond motifs is 1. The highest BCUT2D eigenvalue weighted by Crippen LogP contribution is 2.31. The molecule has 0 saturated carbocycles. The minimum Gasteiger partial charge on any atom is -0.497 e. The Morgan fingerprint density at radius 3 is 2.65 bits per heavy atom. The number of methoxy groups -OCH3 is 3. The third kappa shape index (κ3) is 3.57. The summed E-state index contributed by atoms with van der Waals surface area (Å²) in [5, 5.41) is 0. The molecule has 3 rings (SSSR count). The van der Waals surface area contributed by atoms with Crippen LogP contribution < -0.4 is 9.47 Å². The second-order valence-electron chi connectivity index (χ2n) is 6.77. The Labute approximate surface area is 153 Å². The summed E-state index contributed by atoms with van der Waals surface area (Å²) in [7, 11) is 4.61. The van der Waals surface area contributed by atoms with E-state index in [1.54, 1.807) is 14.2 Å². The molecule has 142 valence electrons. The number of carbonyl (C=O) groups is 2. The molecule has 2 aliphatic heterocycles. The van der Waals surface area contributed by atoms with E-state index in [0.717, 1.165) is 24.8 Å². The third-order valence-corrected chi connectivity index (χ3v) is 5.34. The molecule has 2 heterocycles. The van der Waals surface area contributed by atoms with Gasteiger partial charge in [-0.2, -0.15) is 0 Å². The van der Waals surface area contributed by atoms with E-state index in [4.69, 9.17) is 14.2 Å². The van der Waals surface area contributed by atoms with E-state index in [0.29, 0.717) is 31.1 Å². The Hall–Kier alpha value is -2.44. The van der Waals surface area contributed by atoms with Gasteiger partial charge in [0.05, 0.1) is 33.8 Å². The number of ether oxygens (including phenoxy) is 3. The summed E-state index contributed by atoms with van der Waals surface area (Å²) in [4.78, 5) is 28.5. The first-order valence-electron chi connectivity index (χ1n) is 8.91. The van der Waals surface area contributed by atoms with Crippen molar-refractivity contribution in [2.24, 2.45) is 5.92 Å². The first kappa shape index (κ1) is 18.4. The molecule has 2 amide bonds. The van der Waals surface area contributed by atoms with Crippen LogP contribution in [0.15, 0.2) is 18.2 Å². The van der Waals surface area contributed by atoms with Crippen molar-refractivity contribution >= 4 is 12.0 Å². The molecule has 7 nitrogen and oxygen atoms in total. The van der Waals surface area contributed by atoms with Gasteiger partial charge in [0.15, 0.2) is 0 Å². The van der Waals surface area contributed by atoms with Crippen molar-refractivity contribution in [3.8, 4) is 11.5 Å². The number of hydrogen-bond donors (Lipinski definition) is 0. The summed E-state index contributed by atoms with van der Waals surface area (Å²) in [6, 6.07) is 5.80. The number of amides is 2. The van der Waals surface area contributed by atoms with Gasteiger partial charge in [-0.3, -0.25) is 4.79 Å². The third-order valence-electron chi connectivity index (χ3n) is 5.34. The summed E-state index contributed by atoms with van der Waals surface area (Å²) in [6.45, 7) is 1.61. The second kappa shape index (κ2) is 7.85. The van der Waals surface area contributed by atoms with Crippen molar-refractivity contribution in [2.75, 3.05) is 34.4 Å². The van der Waals surface area contributed by atoms with Crippen molar-refractivity contribution in [3.63, 3.8) is 0 Å². The van der Waals surface area contributed by atoms with Crippen LogP contribution in [0.1, 0.15) is 24.8 Å². The molecule has 26 heavy (non-hydrogen) atoms. The number of benzene rings is 1. The lowest BCUT2D eigenvalue weighted by molar-refractivity contribution is -0.147. The Morgan fingerprint density at radius 1 is 1.15 bits per heavy atom. The first-order valence-corrected chi connectivity index (χ1v) is 8.91. The molecule has 0 bridgehead atoms. The van der Waals surface area contributed by atoms with Gasteiger partial charge in [-0.05, 0) is 31.4 Å². The monoisotopic (exact) mass is 362 g/mol. The van der Waals surface area contributed by atoms with Crippen molar-refractivity contribution in [1.82, 2.24) is 9.80 Å². The van der Waals surface area contributed by atoms with Crippen LogP contribution in [-0.4, -0.2) is 62.3 Å². The van der Waals surface area contributed by atoms with Gasteiger partial charge in [0.1, 0.15) is 11.5 Å². The van der Waals surface area contributed by atoms with E-state index >= 15 is 0 Å². The molecule has 0 aromatic heterocycles. The topological polar surface area (TPSA) is 68.3 Å². The molecule has 0 unspecified atom stereocenters. The van der Waals surface area contributed by atoms with Crippen LogP contribution >= 0.6 is 0 Å². The van der Waals surface area contributed by atoms with Crippen molar-refractivity contribution in [1.29, 1.82) is 0 Å². The number of esters is 1. The number of hydrogen-bond acceptors (Lipinski definition) is 5. The van der Waals surface area contributed by atoms with Gasteiger partial charge in [-0.1, -0.05) is 0 Å². The highest BCUT2D eigenvalue weighted by molar-refractivity contribution is 5.78. The standard InChI is InChI=1S/C19H26N2O5/c1-24-16-7-5-13(17(10-16)25-2)11-20-9-8-15-6-4-14(18(22)26-3)12-21(15)19(20)23/h5,7,10,14-15H,4,6,8-9,11-12H2,1-3H3/t14-,15+/m0/s1. The van der Waals surface area contributed by atoms with Gasteiger partial charge in [-0.25, -0.2) is 4.79 Å². The molecule has 0 spiro atoms. The molecule has 7 heteroatoms. The van der Waals surface area contributed by atoms with E-state index < -0.39 is 0 Å². The smallest absolute Gasteiger partial charge is 0.320 e. The lowest BCUT2D eigenvalue weighted by Crippen LogP contribution is -2.58. The lowest BCUT2D eigenvalue weighted by atomic mass is 9.90. The Balaban J connectivity index is 1.72. The molecule has 1 aromatic carbocycles. The van der Waals surface area contributed by atoms with E-state index in [9.17, 15) is 9.59 Å². The number of urea groups is 1. The minimum absolute atomic E-state index is 0.0206. The SMILES string of the molecule is COC(=O)[C@H]1CC[C@@H]2CCN(Cc3ccc(OC)cc3OC)C(=O)N2C1. The molecule has 2 aliphatic rings. The highest BCUT2D eigenvalue weighted by Gasteiger charge is 2.40. The maximum absolute atomic E-state index is 13.0. The molecule has 0 aliphatic carbocycles. The van der Waals surface area contributed by atoms with Crippen LogP contribution in [0, 0.1) is 5.92 Å². The zero-order valence-corrected chi connectivity index (χ0v) is 15.6. The maximum Gasteiger partial charge on any atom is 0.320 e. The fourth-order valence-corrected chi connectivity index (χ4v) is 3.84. The maximum atomic E-state index is 13.0. The predicted octanol–water partition coefficient (Wildman–Crippen LogP) is 2.28. The number of rotatable bonds is 5. The molecular weight excluding hydrogens is 336 g/mol. The highest BCUT2D eigenvalue weighted by atomic mass is 16.5. The van der Waals surface area contributed by atoms with Gasteiger partial charge in [-0.15, -0.1) is 0 Å². The van der Waals surface area contributed by atoms with Crippen LogP contribution in [0.4, 0.5) is 4.79 Å². The zero-order chi connectivity index (χ0) is 18.7. The van der Waals surface area contributed by atoms with E-state index in [1.165, 1.54) is 7.11 Å². The van der Waals surface area contributed by atoms with Crippen molar-refractivity contribution in [2.45, 2.75) is 31.8 Å². The van der Waals surface area contributed by atoms with Gasteiger partial charge in [0.25, 0.3) is 0 Å². The number of carbonyl (C=O) groups excluding carboxylic acids is 2. The van der Waals surface area contributed by atoms with Crippen LogP contribution in [0.3, 0.4) is 0 Å². The molecule has 0 radical (unpaired) electrons. The van der Waals surface area contributed by atoms with Crippen LogP contribution in [0.2, 0.25) is 0 Å². The van der Waals surface area contributed by atoms with Crippen molar-refractivity contribution in [3.05, 3.63) is 23.8 Å². The van der Waals surface area contributed by atoms with Gasteiger partial charge < -0.3 is 24.0 Å². The Kier molecular flexibility index (Phi) is 5.54. The minimum atomic E-state index is -0.231. The zero-order valence-electron chi connectivity index (χ0n) is 15.6. The molecule has 2 fully saturated rings. The number of nitrogens with zero attached hydrogens (tertiary/aromatic N) is 2. The first-order chi connectivity index (χ1) is 12.6. The molecule has 1 aromatic rings. The lowest BCUT2D eigenvalue weighted by Gasteiger charge is -2.45. The van der Waals surface area contributed by atoms with Crippen molar-refractivity contribution < 1.29 is 23.8 Å². The fraction of sp³-hybridized carbons (Fsp3) is 0.579. The average molecular weight is 362 g/mol. The quantitative estimate of drug-likeness (QED) is 0.752. The second-order valence-corrected chi connectivity index (χ2v) is 6.77. The summed E-state index contributed by atoms with van der Waals surface area (Å²) in [5.41, 5.74) is 0.932. The van der Waals surface area contributed by atoms with Crippen LogP contribution in [0.5, 0.6) is 11.5 Å². The molecule has 0 N–H and O–H groups in total. The molecule has 2 atom stereocenters. The average Bonchev–Trinajstić information content (AvgIpc) is 2.69. The fourth-order valence-electron chi connectivity index (χ4n) is 3.84. The van der Waals surface area contributed by atoms with Crippen LogP contribution in [0.25, 0.3) is 0 Å². The van der Waals surface area contributed by atoms with Gasteiger partial charge in [0.2, 0.25) is 0 Å². The summed E-state index contributed by atoms with van der Waals surface area (Å²) >= 11 is 0. The summed E-state index contributed by atoms with van der Waals surface area (Å²) in [5.74, 6) is 0.957. The van der Waals surface area contributed by atoms with Gasteiger partial charge in [0, 0.05) is 30.8 Å². The van der Waals surface area contributed by atoms with E-state index in [2.05, 4.69) is 0 Å². The van der Waals surface area contributed by atoms with E-state index in [-0.39, 0.29) is 24.0 Å². The largest absolute Gasteiger partial charge is 0.497 e. The summed E-state index contributed by atoms with van der Waals surface area (Å²) in [6.07, 6.45) is 2.55. The number of piperidine rings is 1.